The standard InChI is InChI=1S/C14H19F2NO3/c1-8(2)6-9(18)7-17-11-5-4-10(14(19)20-3)12(15)13(11)16/h4-5,8-9,17-18H,6-7H2,1-3H3. The van der Waals surface area contributed by atoms with E-state index in [9.17, 15) is 18.7 Å². The van der Waals surface area contributed by atoms with E-state index in [4.69, 9.17) is 0 Å². The highest BCUT2D eigenvalue weighted by atomic mass is 19.2. The predicted octanol–water partition coefficient (Wildman–Crippen LogP) is 2.57. The van der Waals surface area contributed by atoms with Gasteiger partial charge in [-0.1, -0.05) is 13.8 Å². The molecule has 0 aliphatic carbocycles. The van der Waals surface area contributed by atoms with Gasteiger partial charge in [0.15, 0.2) is 11.6 Å². The van der Waals surface area contributed by atoms with E-state index in [1.54, 1.807) is 0 Å². The van der Waals surface area contributed by atoms with E-state index in [0.29, 0.717) is 12.3 Å². The molecule has 1 rings (SSSR count). The average Bonchev–Trinajstić information content (AvgIpc) is 2.39. The Morgan fingerprint density at radius 3 is 2.55 bits per heavy atom. The highest BCUT2D eigenvalue weighted by Crippen LogP contribution is 2.21. The summed E-state index contributed by atoms with van der Waals surface area (Å²) < 4.78 is 31.7. The first-order chi connectivity index (χ1) is 9.36. The number of aliphatic hydroxyl groups excluding tert-OH is 1. The molecule has 6 heteroatoms. The van der Waals surface area contributed by atoms with Crippen LogP contribution in [0.15, 0.2) is 12.1 Å². The smallest absolute Gasteiger partial charge is 0.340 e. The molecule has 0 saturated heterocycles. The lowest BCUT2D eigenvalue weighted by Crippen LogP contribution is -2.22. The van der Waals surface area contributed by atoms with Gasteiger partial charge in [-0.3, -0.25) is 0 Å². The Morgan fingerprint density at radius 2 is 2.00 bits per heavy atom. The minimum Gasteiger partial charge on any atom is -0.465 e. The van der Waals surface area contributed by atoms with Crippen molar-refractivity contribution in [3.63, 3.8) is 0 Å². The maximum atomic E-state index is 13.7. The van der Waals surface area contributed by atoms with Crippen LogP contribution in [0.4, 0.5) is 14.5 Å². The number of carbonyl (C=O) groups excluding carboxylic acids is 1. The Labute approximate surface area is 116 Å². The van der Waals surface area contributed by atoms with E-state index in [1.165, 1.54) is 6.07 Å². The molecule has 4 nitrogen and oxygen atoms in total. The molecular formula is C14H19F2NO3. The van der Waals surface area contributed by atoms with Gasteiger partial charge < -0.3 is 15.2 Å². The van der Waals surface area contributed by atoms with Gasteiger partial charge in [-0.2, -0.15) is 0 Å². The average molecular weight is 287 g/mol. The molecule has 0 amide bonds. The molecule has 0 fully saturated rings. The van der Waals surface area contributed by atoms with Gasteiger partial charge >= 0.3 is 5.97 Å². The molecule has 1 unspecified atom stereocenters. The number of hydrogen-bond donors (Lipinski definition) is 2. The second kappa shape index (κ2) is 7.19. The van der Waals surface area contributed by atoms with Crippen molar-refractivity contribution < 1.29 is 23.4 Å². The second-order valence-electron chi connectivity index (χ2n) is 4.94. The SMILES string of the molecule is COC(=O)c1ccc(NCC(O)CC(C)C)c(F)c1F. The maximum absolute atomic E-state index is 13.7. The lowest BCUT2D eigenvalue weighted by Gasteiger charge is -2.15. The van der Waals surface area contributed by atoms with Gasteiger partial charge in [-0.25, -0.2) is 13.6 Å². The number of ether oxygens (including phenoxy) is 1. The number of hydrogen-bond acceptors (Lipinski definition) is 4. The maximum Gasteiger partial charge on any atom is 0.340 e. The van der Waals surface area contributed by atoms with Gasteiger partial charge in [0.25, 0.3) is 0 Å². The van der Waals surface area contributed by atoms with Crippen molar-refractivity contribution in [2.24, 2.45) is 5.92 Å². The summed E-state index contributed by atoms with van der Waals surface area (Å²) in [5.41, 5.74) is -0.559. The molecule has 2 N–H and O–H groups in total. The number of aliphatic hydroxyl groups is 1. The normalized spacial score (nSPS) is 12.3. The Morgan fingerprint density at radius 1 is 1.35 bits per heavy atom. The van der Waals surface area contributed by atoms with Crippen LogP contribution >= 0.6 is 0 Å². The van der Waals surface area contributed by atoms with Crippen LogP contribution in [-0.2, 0) is 4.74 Å². The number of nitrogens with one attached hydrogen (secondary N) is 1. The van der Waals surface area contributed by atoms with Crippen LogP contribution in [0.2, 0.25) is 0 Å². The Hall–Kier alpha value is -1.69. The summed E-state index contributed by atoms with van der Waals surface area (Å²) in [6.07, 6.45) is -0.102. The summed E-state index contributed by atoms with van der Waals surface area (Å²) in [4.78, 5) is 11.2. The van der Waals surface area contributed by atoms with Crippen molar-refractivity contribution in [2.45, 2.75) is 26.4 Å². The van der Waals surface area contributed by atoms with Crippen molar-refractivity contribution in [1.82, 2.24) is 0 Å². The van der Waals surface area contributed by atoms with Crippen molar-refractivity contribution in [2.75, 3.05) is 19.0 Å². The Kier molecular flexibility index (Phi) is 5.88. The summed E-state index contributed by atoms with van der Waals surface area (Å²) in [5.74, 6) is -3.06. The van der Waals surface area contributed by atoms with E-state index in [-0.39, 0.29) is 12.2 Å². The summed E-state index contributed by atoms with van der Waals surface area (Å²) in [6, 6.07) is 2.38. The summed E-state index contributed by atoms with van der Waals surface area (Å²) in [7, 11) is 1.09. The zero-order chi connectivity index (χ0) is 15.3. The number of methoxy groups -OCH3 is 1. The molecule has 0 aliphatic rings. The minimum absolute atomic E-state index is 0.0991. The third-order valence-corrected chi connectivity index (χ3v) is 2.76. The van der Waals surface area contributed by atoms with Gasteiger partial charge in [0.05, 0.1) is 24.5 Å². The number of esters is 1. The molecule has 1 atom stereocenters. The van der Waals surface area contributed by atoms with Gasteiger partial charge in [0.2, 0.25) is 0 Å². The molecule has 112 valence electrons. The first-order valence-corrected chi connectivity index (χ1v) is 6.35. The molecule has 0 radical (unpaired) electrons. The largest absolute Gasteiger partial charge is 0.465 e. The number of benzene rings is 1. The van der Waals surface area contributed by atoms with E-state index in [2.05, 4.69) is 10.1 Å². The van der Waals surface area contributed by atoms with E-state index in [0.717, 1.165) is 13.2 Å². The van der Waals surface area contributed by atoms with E-state index < -0.39 is 29.3 Å². The quantitative estimate of drug-likeness (QED) is 0.790. The molecule has 0 aliphatic heterocycles. The van der Waals surface area contributed by atoms with Crippen LogP contribution in [-0.4, -0.2) is 30.8 Å². The lowest BCUT2D eigenvalue weighted by molar-refractivity contribution is 0.0594. The molecule has 0 aromatic heterocycles. The second-order valence-corrected chi connectivity index (χ2v) is 4.94. The van der Waals surface area contributed by atoms with Gasteiger partial charge in [0, 0.05) is 6.54 Å². The van der Waals surface area contributed by atoms with Crippen molar-refractivity contribution >= 4 is 11.7 Å². The molecular weight excluding hydrogens is 268 g/mol. The van der Waals surface area contributed by atoms with E-state index in [1.807, 2.05) is 13.8 Å². The van der Waals surface area contributed by atoms with Crippen LogP contribution in [0.5, 0.6) is 0 Å². The van der Waals surface area contributed by atoms with E-state index >= 15 is 0 Å². The molecule has 1 aromatic carbocycles. The van der Waals surface area contributed by atoms with Crippen molar-refractivity contribution in [3.8, 4) is 0 Å². The highest BCUT2D eigenvalue weighted by molar-refractivity contribution is 5.90. The number of rotatable bonds is 6. The molecule has 0 spiro atoms. The lowest BCUT2D eigenvalue weighted by atomic mass is 10.1. The number of halogens is 2. The van der Waals surface area contributed by atoms with Crippen LogP contribution in [0.25, 0.3) is 0 Å². The minimum atomic E-state index is -1.26. The molecule has 0 bridgehead atoms. The summed E-state index contributed by atoms with van der Waals surface area (Å²) >= 11 is 0. The fraction of sp³-hybridized carbons (Fsp3) is 0.500. The first kappa shape index (κ1) is 16.4. The molecule has 0 saturated carbocycles. The zero-order valence-electron chi connectivity index (χ0n) is 11.7. The first-order valence-electron chi connectivity index (χ1n) is 6.35. The molecule has 20 heavy (non-hydrogen) atoms. The fourth-order valence-electron chi connectivity index (χ4n) is 1.81. The third kappa shape index (κ3) is 4.16. The highest BCUT2D eigenvalue weighted by Gasteiger charge is 2.19. The van der Waals surface area contributed by atoms with Crippen LogP contribution in [0.3, 0.4) is 0 Å². The summed E-state index contributed by atoms with van der Waals surface area (Å²) in [6.45, 7) is 4.01. The van der Waals surface area contributed by atoms with Crippen LogP contribution in [0.1, 0.15) is 30.6 Å². The van der Waals surface area contributed by atoms with Crippen molar-refractivity contribution in [3.05, 3.63) is 29.3 Å². The predicted molar refractivity (Wildman–Crippen MR) is 71.6 cm³/mol. The Bertz CT molecular complexity index is 478. The van der Waals surface area contributed by atoms with Gasteiger partial charge in [-0.05, 0) is 24.5 Å². The summed E-state index contributed by atoms with van der Waals surface area (Å²) in [5, 5.41) is 12.3. The zero-order valence-corrected chi connectivity index (χ0v) is 11.7. The van der Waals surface area contributed by atoms with Crippen molar-refractivity contribution in [1.29, 1.82) is 0 Å². The fourth-order valence-corrected chi connectivity index (χ4v) is 1.81. The molecule has 1 aromatic rings. The molecule has 0 heterocycles. The van der Waals surface area contributed by atoms with Crippen LogP contribution < -0.4 is 5.32 Å². The van der Waals surface area contributed by atoms with Crippen LogP contribution in [0, 0.1) is 17.6 Å². The number of carbonyl (C=O) groups is 1. The Balaban J connectivity index is 2.78. The monoisotopic (exact) mass is 287 g/mol. The van der Waals surface area contributed by atoms with Gasteiger partial charge in [0.1, 0.15) is 0 Å². The third-order valence-electron chi connectivity index (χ3n) is 2.76. The van der Waals surface area contributed by atoms with Gasteiger partial charge in [-0.15, -0.1) is 0 Å². The topological polar surface area (TPSA) is 58.6 Å². The number of anilines is 1.